The Hall–Kier alpha value is -2.62. The second kappa shape index (κ2) is 6.94. The molecule has 2 aromatic carbocycles. The first kappa shape index (κ1) is 18.2. The molecule has 0 aliphatic carbocycles. The fourth-order valence-corrected chi connectivity index (χ4v) is 3.91. The maximum atomic E-state index is 12.3. The van der Waals surface area contributed by atoms with Crippen LogP contribution in [0.1, 0.15) is 70.8 Å². The van der Waals surface area contributed by atoms with Crippen molar-refractivity contribution in [1.29, 1.82) is 0 Å². The van der Waals surface area contributed by atoms with Crippen molar-refractivity contribution >= 4 is 17.9 Å². The lowest BCUT2D eigenvalue weighted by atomic mass is 9.85. The van der Waals surface area contributed by atoms with E-state index in [1.54, 1.807) is 0 Å². The van der Waals surface area contributed by atoms with Gasteiger partial charge in [-0.3, -0.25) is 9.59 Å². The molecule has 1 unspecified atom stereocenters. The predicted octanol–water partition coefficient (Wildman–Crippen LogP) is 4.72. The van der Waals surface area contributed by atoms with Gasteiger partial charge in [0, 0.05) is 17.2 Å². The summed E-state index contributed by atoms with van der Waals surface area (Å²) < 4.78 is 5.99. The van der Waals surface area contributed by atoms with Crippen LogP contribution in [-0.2, 0) is 4.79 Å². The molecular formula is C22H25NO3. The molecule has 1 aliphatic rings. The van der Waals surface area contributed by atoms with E-state index >= 15 is 0 Å². The predicted molar refractivity (Wildman–Crippen MR) is 103 cm³/mol. The third-order valence-electron chi connectivity index (χ3n) is 5.30. The number of amides is 1. The minimum absolute atomic E-state index is 0.0523. The summed E-state index contributed by atoms with van der Waals surface area (Å²) in [5.41, 5.74) is 6.45. The minimum atomic E-state index is -0.0523. The summed E-state index contributed by atoms with van der Waals surface area (Å²) in [5.74, 6) is 1.15. The van der Waals surface area contributed by atoms with Crippen LogP contribution in [-0.4, -0.2) is 18.8 Å². The first-order valence-electron chi connectivity index (χ1n) is 8.97. The summed E-state index contributed by atoms with van der Waals surface area (Å²) in [6.07, 6.45) is 0.661. The van der Waals surface area contributed by atoms with E-state index in [2.05, 4.69) is 43.4 Å². The standard InChI is InChI=1S/C22H25NO3/c1-12(2)16-6-8-17(9-7-16)18-10-26-22-19(15(5)25)13(3)21(23-11-24)14(4)20(18)22/h6-9,11-12,18H,10H2,1-5H3,(H,23,24). The van der Waals surface area contributed by atoms with Gasteiger partial charge in [0.15, 0.2) is 5.78 Å². The molecule has 1 atom stereocenters. The first-order valence-corrected chi connectivity index (χ1v) is 8.97. The van der Waals surface area contributed by atoms with Crippen LogP contribution in [0.4, 0.5) is 5.69 Å². The van der Waals surface area contributed by atoms with E-state index in [-0.39, 0.29) is 11.7 Å². The average Bonchev–Trinajstić information content (AvgIpc) is 3.03. The molecule has 136 valence electrons. The number of ether oxygens (including phenoxy) is 1. The maximum absolute atomic E-state index is 12.3. The Labute approximate surface area is 154 Å². The fourth-order valence-electron chi connectivity index (χ4n) is 3.91. The summed E-state index contributed by atoms with van der Waals surface area (Å²) in [6.45, 7) is 10.2. The van der Waals surface area contributed by atoms with Gasteiger partial charge in [-0.05, 0) is 48.9 Å². The van der Waals surface area contributed by atoms with Gasteiger partial charge in [-0.2, -0.15) is 0 Å². The van der Waals surface area contributed by atoms with Crippen LogP contribution in [0.5, 0.6) is 5.75 Å². The second-order valence-corrected chi connectivity index (χ2v) is 7.25. The largest absolute Gasteiger partial charge is 0.491 e. The quantitative estimate of drug-likeness (QED) is 0.626. The number of Topliss-reactive ketones (excluding diaryl/α,β-unsaturated/α-hetero) is 1. The van der Waals surface area contributed by atoms with Gasteiger partial charge in [0.2, 0.25) is 6.41 Å². The Morgan fingerprint density at radius 3 is 2.38 bits per heavy atom. The molecule has 0 saturated heterocycles. The zero-order chi connectivity index (χ0) is 19.0. The number of rotatable bonds is 5. The molecule has 1 amide bonds. The van der Waals surface area contributed by atoms with Gasteiger partial charge in [-0.15, -0.1) is 0 Å². The van der Waals surface area contributed by atoms with Crippen LogP contribution in [0, 0.1) is 13.8 Å². The van der Waals surface area contributed by atoms with Crippen molar-refractivity contribution in [2.75, 3.05) is 11.9 Å². The lowest BCUT2D eigenvalue weighted by Crippen LogP contribution is -2.09. The molecule has 0 radical (unpaired) electrons. The van der Waals surface area contributed by atoms with Crippen LogP contribution >= 0.6 is 0 Å². The van der Waals surface area contributed by atoms with Gasteiger partial charge in [0.25, 0.3) is 0 Å². The van der Waals surface area contributed by atoms with Crippen LogP contribution in [0.2, 0.25) is 0 Å². The molecule has 4 heteroatoms. The van der Waals surface area contributed by atoms with E-state index in [4.69, 9.17) is 4.74 Å². The summed E-state index contributed by atoms with van der Waals surface area (Å²) >= 11 is 0. The molecule has 0 fully saturated rings. The van der Waals surface area contributed by atoms with Gasteiger partial charge in [-0.1, -0.05) is 38.1 Å². The van der Waals surface area contributed by atoms with Gasteiger partial charge in [0.1, 0.15) is 5.75 Å². The molecule has 1 heterocycles. The highest BCUT2D eigenvalue weighted by molar-refractivity contribution is 6.02. The number of hydrogen-bond donors (Lipinski definition) is 1. The van der Waals surface area contributed by atoms with Crippen molar-refractivity contribution in [3.8, 4) is 5.75 Å². The molecular weight excluding hydrogens is 326 g/mol. The van der Waals surface area contributed by atoms with Gasteiger partial charge < -0.3 is 10.1 Å². The van der Waals surface area contributed by atoms with Crippen molar-refractivity contribution in [2.45, 2.75) is 46.5 Å². The lowest BCUT2D eigenvalue weighted by molar-refractivity contribution is -0.105. The van der Waals surface area contributed by atoms with Gasteiger partial charge in [0.05, 0.1) is 12.2 Å². The minimum Gasteiger partial charge on any atom is -0.491 e. The number of carbonyl (C=O) groups excluding carboxylic acids is 2. The Kier molecular flexibility index (Phi) is 4.86. The van der Waals surface area contributed by atoms with Crippen molar-refractivity contribution in [3.05, 3.63) is 57.6 Å². The number of fused-ring (bicyclic) bond motifs is 1. The smallest absolute Gasteiger partial charge is 0.211 e. The highest BCUT2D eigenvalue weighted by Crippen LogP contribution is 2.47. The van der Waals surface area contributed by atoms with Crippen LogP contribution in [0.3, 0.4) is 0 Å². The maximum Gasteiger partial charge on any atom is 0.211 e. The second-order valence-electron chi connectivity index (χ2n) is 7.25. The zero-order valence-corrected chi connectivity index (χ0v) is 16.0. The molecule has 3 rings (SSSR count). The molecule has 1 N–H and O–H groups in total. The summed E-state index contributed by atoms with van der Waals surface area (Å²) in [4.78, 5) is 23.3. The average molecular weight is 351 g/mol. The number of anilines is 1. The van der Waals surface area contributed by atoms with Crippen molar-refractivity contribution in [2.24, 2.45) is 0 Å². The number of nitrogens with one attached hydrogen (secondary N) is 1. The summed E-state index contributed by atoms with van der Waals surface area (Å²) in [7, 11) is 0. The van der Waals surface area contributed by atoms with E-state index in [9.17, 15) is 9.59 Å². The summed E-state index contributed by atoms with van der Waals surface area (Å²) in [5, 5.41) is 2.78. The number of benzene rings is 2. The van der Waals surface area contributed by atoms with Crippen LogP contribution in [0.15, 0.2) is 24.3 Å². The topological polar surface area (TPSA) is 55.4 Å². The highest BCUT2D eigenvalue weighted by atomic mass is 16.5. The van der Waals surface area contributed by atoms with Crippen molar-refractivity contribution < 1.29 is 14.3 Å². The number of hydrogen-bond acceptors (Lipinski definition) is 3. The Morgan fingerprint density at radius 1 is 1.19 bits per heavy atom. The Morgan fingerprint density at radius 2 is 1.85 bits per heavy atom. The van der Waals surface area contributed by atoms with E-state index in [0.29, 0.717) is 35.9 Å². The SMILES string of the molecule is CC(=O)c1c(C)c(NC=O)c(C)c2c1OCC2c1ccc(C(C)C)cc1. The molecule has 0 aromatic heterocycles. The van der Waals surface area contributed by atoms with Crippen molar-refractivity contribution in [1.82, 2.24) is 0 Å². The number of ketones is 1. The Bertz CT molecular complexity index is 866. The summed E-state index contributed by atoms with van der Waals surface area (Å²) in [6, 6.07) is 8.58. The van der Waals surface area contributed by atoms with E-state index < -0.39 is 0 Å². The van der Waals surface area contributed by atoms with Crippen LogP contribution in [0.25, 0.3) is 0 Å². The molecule has 26 heavy (non-hydrogen) atoms. The third kappa shape index (κ3) is 2.90. The Balaban J connectivity index is 2.17. The van der Waals surface area contributed by atoms with Gasteiger partial charge >= 0.3 is 0 Å². The van der Waals surface area contributed by atoms with E-state index in [1.165, 1.54) is 12.5 Å². The normalized spacial score (nSPS) is 15.5. The van der Waals surface area contributed by atoms with Crippen LogP contribution < -0.4 is 10.1 Å². The van der Waals surface area contributed by atoms with E-state index in [0.717, 1.165) is 22.3 Å². The highest BCUT2D eigenvalue weighted by Gasteiger charge is 2.34. The monoisotopic (exact) mass is 351 g/mol. The zero-order valence-electron chi connectivity index (χ0n) is 16.0. The lowest BCUT2D eigenvalue weighted by Gasteiger charge is -2.19. The number of carbonyl (C=O) groups is 2. The molecule has 1 aliphatic heterocycles. The molecule has 0 spiro atoms. The van der Waals surface area contributed by atoms with E-state index in [1.807, 2.05) is 13.8 Å². The molecule has 0 bridgehead atoms. The van der Waals surface area contributed by atoms with Crippen molar-refractivity contribution in [3.63, 3.8) is 0 Å². The molecule has 4 nitrogen and oxygen atoms in total. The molecule has 0 saturated carbocycles. The third-order valence-corrected chi connectivity index (χ3v) is 5.30. The van der Waals surface area contributed by atoms with Gasteiger partial charge in [-0.25, -0.2) is 0 Å². The fraction of sp³-hybridized carbons (Fsp3) is 0.364. The first-order chi connectivity index (χ1) is 12.4. The molecule has 2 aromatic rings.